The minimum absolute atomic E-state index is 0.974. The average molecular weight is 368 g/mol. The number of thiazole rings is 2. The van der Waals surface area contributed by atoms with Gasteiger partial charge < -0.3 is 9.80 Å². The molecular formula is C18H17N5S2. The van der Waals surface area contributed by atoms with Gasteiger partial charge in [-0.3, -0.25) is 4.98 Å². The quantitative estimate of drug-likeness (QED) is 0.537. The number of para-hydroxylation sites is 1. The van der Waals surface area contributed by atoms with Crippen LogP contribution in [-0.2, 0) is 0 Å². The van der Waals surface area contributed by atoms with Crippen molar-refractivity contribution in [2.75, 3.05) is 36.0 Å². The second-order valence-electron chi connectivity index (χ2n) is 6.23. The molecule has 126 valence electrons. The van der Waals surface area contributed by atoms with E-state index in [9.17, 15) is 0 Å². The van der Waals surface area contributed by atoms with Gasteiger partial charge in [-0.05, 0) is 24.6 Å². The van der Waals surface area contributed by atoms with E-state index < -0.39 is 0 Å². The number of anilines is 2. The molecule has 0 bridgehead atoms. The third-order valence-electron chi connectivity index (χ3n) is 4.61. The lowest BCUT2D eigenvalue weighted by atomic mass is 10.2. The molecule has 0 radical (unpaired) electrons. The average Bonchev–Trinajstić information content (AvgIpc) is 3.27. The van der Waals surface area contributed by atoms with Gasteiger partial charge in [-0.2, -0.15) is 0 Å². The highest BCUT2D eigenvalue weighted by Crippen LogP contribution is 2.33. The molecule has 0 saturated carbocycles. The van der Waals surface area contributed by atoms with Gasteiger partial charge in [0.15, 0.2) is 10.3 Å². The van der Waals surface area contributed by atoms with Crippen LogP contribution in [-0.4, -0.2) is 41.1 Å². The van der Waals surface area contributed by atoms with Crippen LogP contribution >= 0.6 is 22.7 Å². The van der Waals surface area contributed by atoms with E-state index in [0.29, 0.717) is 0 Å². The Morgan fingerprint density at radius 3 is 2.32 bits per heavy atom. The van der Waals surface area contributed by atoms with Gasteiger partial charge in [0.25, 0.3) is 0 Å². The second-order valence-corrected chi connectivity index (χ2v) is 8.25. The van der Waals surface area contributed by atoms with Crippen molar-refractivity contribution < 1.29 is 0 Å². The van der Waals surface area contributed by atoms with Crippen LogP contribution in [0.2, 0.25) is 0 Å². The van der Waals surface area contributed by atoms with Crippen molar-refractivity contribution in [3.8, 4) is 0 Å². The Labute approximate surface area is 153 Å². The van der Waals surface area contributed by atoms with Crippen LogP contribution in [0.5, 0.6) is 0 Å². The first-order valence-corrected chi connectivity index (χ1v) is 9.98. The molecule has 0 amide bonds. The predicted molar refractivity (Wildman–Crippen MR) is 106 cm³/mol. The van der Waals surface area contributed by atoms with Crippen molar-refractivity contribution in [1.29, 1.82) is 0 Å². The van der Waals surface area contributed by atoms with Gasteiger partial charge >= 0.3 is 0 Å². The number of fused-ring (bicyclic) bond motifs is 2. The van der Waals surface area contributed by atoms with E-state index >= 15 is 0 Å². The summed E-state index contributed by atoms with van der Waals surface area (Å²) in [5.74, 6) is 0. The highest BCUT2D eigenvalue weighted by molar-refractivity contribution is 7.22. The molecule has 1 saturated heterocycles. The molecule has 3 aromatic heterocycles. The lowest BCUT2D eigenvalue weighted by Gasteiger charge is -2.34. The number of rotatable bonds is 2. The molecule has 4 aromatic rings. The van der Waals surface area contributed by atoms with Crippen LogP contribution < -0.4 is 9.80 Å². The third kappa shape index (κ3) is 2.63. The minimum atomic E-state index is 0.974. The van der Waals surface area contributed by atoms with Crippen molar-refractivity contribution in [2.45, 2.75) is 6.92 Å². The van der Waals surface area contributed by atoms with Crippen LogP contribution in [0.1, 0.15) is 5.56 Å². The summed E-state index contributed by atoms with van der Waals surface area (Å²) in [7, 11) is 0. The molecule has 0 aliphatic carbocycles. The highest BCUT2D eigenvalue weighted by Gasteiger charge is 2.22. The van der Waals surface area contributed by atoms with E-state index in [-0.39, 0.29) is 0 Å². The molecule has 5 rings (SSSR count). The number of aromatic nitrogens is 3. The molecule has 0 atom stereocenters. The summed E-state index contributed by atoms with van der Waals surface area (Å²) in [6, 6.07) is 8.44. The summed E-state index contributed by atoms with van der Waals surface area (Å²) in [5.41, 5.74) is 3.39. The molecule has 1 aliphatic rings. The first-order chi connectivity index (χ1) is 12.3. The Morgan fingerprint density at radius 1 is 0.880 bits per heavy atom. The second kappa shape index (κ2) is 5.93. The smallest absolute Gasteiger partial charge is 0.186 e. The minimum Gasteiger partial charge on any atom is -0.345 e. The zero-order chi connectivity index (χ0) is 16.8. The van der Waals surface area contributed by atoms with Gasteiger partial charge in [-0.15, -0.1) is 0 Å². The van der Waals surface area contributed by atoms with Crippen LogP contribution in [0.3, 0.4) is 0 Å². The zero-order valence-electron chi connectivity index (χ0n) is 13.8. The SMILES string of the molecule is Cc1cccc2sc(N3CCN(c4nc5cnccc5s4)CC3)nc12. The van der Waals surface area contributed by atoms with Crippen LogP contribution in [0, 0.1) is 6.92 Å². The molecule has 25 heavy (non-hydrogen) atoms. The standard InChI is InChI=1S/C18H17N5S2/c1-12-3-2-4-15-16(12)21-18(25-15)23-9-7-22(8-10-23)17-20-13-11-19-6-5-14(13)24-17/h2-6,11H,7-10H2,1H3. The van der Waals surface area contributed by atoms with Crippen LogP contribution in [0.4, 0.5) is 10.3 Å². The van der Waals surface area contributed by atoms with E-state index in [2.05, 4.69) is 39.9 Å². The monoisotopic (exact) mass is 367 g/mol. The number of piperazine rings is 1. The highest BCUT2D eigenvalue weighted by atomic mass is 32.1. The van der Waals surface area contributed by atoms with Crippen LogP contribution in [0.25, 0.3) is 20.4 Å². The molecule has 1 aliphatic heterocycles. The van der Waals surface area contributed by atoms with Crippen molar-refractivity contribution in [3.63, 3.8) is 0 Å². The molecule has 0 N–H and O–H groups in total. The van der Waals surface area contributed by atoms with Crippen molar-refractivity contribution in [1.82, 2.24) is 15.0 Å². The summed E-state index contributed by atoms with van der Waals surface area (Å²) in [4.78, 5) is 18.5. The van der Waals surface area contributed by atoms with E-state index in [0.717, 1.165) is 47.5 Å². The first-order valence-electron chi connectivity index (χ1n) is 8.34. The summed E-state index contributed by atoms with van der Waals surface area (Å²) >= 11 is 3.54. The fourth-order valence-corrected chi connectivity index (χ4v) is 5.28. The summed E-state index contributed by atoms with van der Waals surface area (Å²) < 4.78 is 2.48. The largest absolute Gasteiger partial charge is 0.345 e. The predicted octanol–water partition coefficient (Wildman–Crippen LogP) is 3.94. The van der Waals surface area contributed by atoms with Gasteiger partial charge in [0.1, 0.15) is 5.52 Å². The topological polar surface area (TPSA) is 45.2 Å². The van der Waals surface area contributed by atoms with Crippen molar-refractivity contribution in [2.24, 2.45) is 0 Å². The van der Waals surface area contributed by atoms with E-state index in [1.807, 2.05) is 18.5 Å². The Morgan fingerprint density at radius 2 is 1.60 bits per heavy atom. The zero-order valence-corrected chi connectivity index (χ0v) is 15.5. The van der Waals surface area contributed by atoms with E-state index in [4.69, 9.17) is 9.97 Å². The van der Waals surface area contributed by atoms with Gasteiger partial charge in [0.2, 0.25) is 0 Å². The molecular weight excluding hydrogens is 350 g/mol. The van der Waals surface area contributed by atoms with E-state index in [1.54, 1.807) is 22.7 Å². The fourth-order valence-electron chi connectivity index (χ4n) is 3.20. The number of benzene rings is 1. The lowest BCUT2D eigenvalue weighted by Crippen LogP contribution is -2.46. The maximum absolute atomic E-state index is 4.87. The van der Waals surface area contributed by atoms with Gasteiger partial charge in [0, 0.05) is 32.4 Å². The molecule has 7 heteroatoms. The van der Waals surface area contributed by atoms with Crippen LogP contribution in [0.15, 0.2) is 36.7 Å². The number of hydrogen-bond donors (Lipinski definition) is 0. The Hall–Kier alpha value is -2.25. The molecule has 0 spiro atoms. The molecule has 4 heterocycles. The normalized spacial score (nSPS) is 15.4. The maximum atomic E-state index is 4.87. The molecule has 1 aromatic carbocycles. The summed E-state index contributed by atoms with van der Waals surface area (Å²) in [6.07, 6.45) is 3.67. The van der Waals surface area contributed by atoms with E-state index in [1.165, 1.54) is 15.0 Å². The Kier molecular flexibility index (Phi) is 3.57. The van der Waals surface area contributed by atoms with Crippen molar-refractivity contribution in [3.05, 3.63) is 42.2 Å². The fraction of sp³-hybridized carbons (Fsp3) is 0.278. The molecule has 0 unspecified atom stereocenters. The summed E-state index contributed by atoms with van der Waals surface area (Å²) in [5, 5.41) is 2.24. The lowest BCUT2D eigenvalue weighted by molar-refractivity contribution is 0.651. The Balaban J connectivity index is 1.35. The van der Waals surface area contributed by atoms with Gasteiger partial charge in [0.05, 0.1) is 21.1 Å². The first kappa shape index (κ1) is 15.0. The molecule has 1 fully saturated rings. The number of nitrogens with zero attached hydrogens (tertiary/aromatic N) is 5. The number of hydrogen-bond acceptors (Lipinski definition) is 7. The Bertz CT molecular complexity index is 1010. The van der Waals surface area contributed by atoms with Crippen molar-refractivity contribution >= 4 is 53.4 Å². The number of pyridine rings is 1. The van der Waals surface area contributed by atoms with Gasteiger partial charge in [-0.25, -0.2) is 9.97 Å². The third-order valence-corrected chi connectivity index (χ3v) is 6.79. The summed E-state index contributed by atoms with van der Waals surface area (Å²) in [6.45, 7) is 6.04. The maximum Gasteiger partial charge on any atom is 0.186 e. The molecule has 5 nitrogen and oxygen atoms in total. The van der Waals surface area contributed by atoms with Gasteiger partial charge in [-0.1, -0.05) is 34.8 Å². The number of aryl methyl sites for hydroxylation is 1.